The van der Waals surface area contributed by atoms with Gasteiger partial charge in [0.1, 0.15) is 0 Å². The number of nitrogens with zero attached hydrogens (tertiary/aromatic N) is 1. The molecule has 0 amide bonds. The molecule has 5 heteroatoms. The maximum absolute atomic E-state index is 11.4. The van der Waals surface area contributed by atoms with Gasteiger partial charge in [-0.2, -0.15) is 0 Å². The van der Waals surface area contributed by atoms with Crippen molar-refractivity contribution in [1.82, 2.24) is 10.2 Å². The van der Waals surface area contributed by atoms with Gasteiger partial charge in [0.05, 0.1) is 4.90 Å². The van der Waals surface area contributed by atoms with Gasteiger partial charge in [-0.05, 0) is 56.6 Å². The molecule has 1 fully saturated rings. The zero-order valence-corrected chi connectivity index (χ0v) is 13.0. The van der Waals surface area contributed by atoms with Crippen molar-refractivity contribution in [3.8, 4) is 0 Å². The molecule has 1 heterocycles. The van der Waals surface area contributed by atoms with Gasteiger partial charge in [0, 0.05) is 19.3 Å². The average Bonchev–Trinajstić information content (AvgIpc) is 2.67. The Morgan fingerprint density at radius 1 is 1.15 bits per heavy atom. The quantitative estimate of drug-likeness (QED) is 0.890. The van der Waals surface area contributed by atoms with E-state index in [1.807, 2.05) is 12.1 Å². The highest BCUT2D eigenvalue weighted by molar-refractivity contribution is 7.90. The summed E-state index contributed by atoms with van der Waals surface area (Å²) in [5, 5.41) is 3.41. The lowest BCUT2D eigenvalue weighted by atomic mass is 10.1. The lowest BCUT2D eigenvalue weighted by Gasteiger charge is -2.19. The second-order valence-electron chi connectivity index (χ2n) is 5.46. The number of benzene rings is 1. The van der Waals surface area contributed by atoms with Crippen molar-refractivity contribution in [2.24, 2.45) is 0 Å². The van der Waals surface area contributed by atoms with Crippen molar-refractivity contribution in [2.45, 2.75) is 24.2 Å². The van der Waals surface area contributed by atoms with Crippen LogP contribution in [0.5, 0.6) is 0 Å². The van der Waals surface area contributed by atoms with Gasteiger partial charge >= 0.3 is 0 Å². The molecule has 0 saturated carbocycles. The molecule has 0 unspecified atom stereocenters. The molecule has 0 aromatic heterocycles. The number of nitrogens with one attached hydrogen (secondary N) is 1. The Morgan fingerprint density at radius 2 is 1.90 bits per heavy atom. The minimum atomic E-state index is -3.08. The standard InChI is InChI=1S/C15H24N2O2S/c1-20(18,19)15-7-5-14(6-8-15)4-2-11-17-12-3-9-16-10-13-17/h5-8,16H,2-4,9-13H2,1H3. The van der Waals surface area contributed by atoms with Gasteiger partial charge in [0.2, 0.25) is 0 Å². The molecule has 1 aliphatic heterocycles. The number of hydrogen-bond acceptors (Lipinski definition) is 4. The first kappa shape index (κ1) is 15.5. The third-order valence-electron chi connectivity index (χ3n) is 3.72. The summed E-state index contributed by atoms with van der Waals surface area (Å²) in [6, 6.07) is 7.28. The molecular formula is C15H24N2O2S. The molecule has 0 aliphatic carbocycles. The minimum absolute atomic E-state index is 0.403. The summed E-state index contributed by atoms with van der Waals surface area (Å²) in [6.45, 7) is 5.65. The van der Waals surface area contributed by atoms with Crippen LogP contribution in [-0.4, -0.2) is 52.3 Å². The molecule has 1 N–H and O–H groups in total. The summed E-state index contributed by atoms with van der Waals surface area (Å²) in [7, 11) is -3.08. The Kier molecular flexibility index (Phi) is 5.57. The maximum atomic E-state index is 11.4. The Hall–Kier alpha value is -0.910. The molecule has 2 rings (SSSR count). The van der Waals surface area contributed by atoms with Crippen molar-refractivity contribution in [3.05, 3.63) is 29.8 Å². The van der Waals surface area contributed by atoms with Gasteiger partial charge in [0.25, 0.3) is 0 Å². The minimum Gasteiger partial charge on any atom is -0.315 e. The fourth-order valence-corrected chi connectivity index (χ4v) is 3.17. The Labute approximate surface area is 122 Å². The van der Waals surface area contributed by atoms with Crippen molar-refractivity contribution in [2.75, 3.05) is 39.0 Å². The van der Waals surface area contributed by atoms with Crippen LogP contribution in [0.1, 0.15) is 18.4 Å². The van der Waals surface area contributed by atoms with Gasteiger partial charge in [-0.25, -0.2) is 8.42 Å². The highest BCUT2D eigenvalue weighted by Gasteiger charge is 2.08. The predicted molar refractivity (Wildman–Crippen MR) is 81.8 cm³/mol. The number of sulfone groups is 1. The highest BCUT2D eigenvalue weighted by Crippen LogP contribution is 2.12. The molecule has 4 nitrogen and oxygen atoms in total. The van der Waals surface area contributed by atoms with E-state index in [0.717, 1.165) is 39.0 Å². The zero-order chi connectivity index (χ0) is 14.4. The van der Waals surface area contributed by atoms with Crippen LogP contribution in [0.4, 0.5) is 0 Å². The van der Waals surface area contributed by atoms with Crippen molar-refractivity contribution in [3.63, 3.8) is 0 Å². The second kappa shape index (κ2) is 7.20. The SMILES string of the molecule is CS(=O)(=O)c1ccc(CCCN2CCCNCC2)cc1. The molecule has 1 aliphatic rings. The van der Waals surface area contributed by atoms with Crippen molar-refractivity contribution < 1.29 is 8.42 Å². The van der Waals surface area contributed by atoms with Crippen LogP contribution in [0.2, 0.25) is 0 Å². The van der Waals surface area contributed by atoms with Crippen LogP contribution >= 0.6 is 0 Å². The summed E-state index contributed by atoms with van der Waals surface area (Å²) < 4.78 is 22.8. The average molecular weight is 296 g/mol. The van der Waals surface area contributed by atoms with E-state index in [0.29, 0.717) is 4.90 Å². The summed E-state index contributed by atoms with van der Waals surface area (Å²) in [6.07, 6.45) is 4.60. The van der Waals surface area contributed by atoms with E-state index in [9.17, 15) is 8.42 Å². The van der Waals surface area contributed by atoms with Gasteiger partial charge in [-0.15, -0.1) is 0 Å². The summed E-state index contributed by atoms with van der Waals surface area (Å²) in [4.78, 5) is 2.91. The van der Waals surface area contributed by atoms with Crippen LogP contribution < -0.4 is 5.32 Å². The van der Waals surface area contributed by atoms with Gasteiger partial charge < -0.3 is 10.2 Å². The van der Waals surface area contributed by atoms with Crippen molar-refractivity contribution >= 4 is 9.84 Å². The molecule has 0 spiro atoms. The fourth-order valence-electron chi connectivity index (χ4n) is 2.54. The number of rotatable bonds is 5. The maximum Gasteiger partial charge on any atom is 0.175 e. The van der Waals surface area contributed by atoms with Gasteiger partial charge in [-0.1, -0.05) is 12.1 Å². The summed E-state index contributed by atoms with van der Waals surface area (Å²) >= 11 is 0. The van der Waals surface area contributed by atoms with Crippen LogP contribution in [0.25, 0.3) is 0 Å². The molecule has 0 radical (unpaired) electrons. The van der Waals surface area contributed by atoms with Crippen LogP contribution in [0.3, 0.4) is 0 Å². The summed E-state index contributed by atoms with van der Waals surface area (Å²) in [5.74, 6) is 0. The third-order valence-corrected chi connectivity index (χ3v) is 4.85. The highest BCUT2D eigenvalue weighted by atomic mass is 32.2. The second-order valence-corrected chi connectivity index (χ2v) is 7.48. The van der Waals surface area contributed by atoms with E-state index in [2.05, 4.69) is 10.2 Å². The van der Waals surface area contributed by atoms with E-state index in [4.69, 9.17) is 0 Å². The predicted octanol–water partition coefficient (Wildman–Crippen LogP) is 1.32. The van der Waals surface area contributed by atoms with Gasteiger partial charge in [0.15, 0.2) is 9.84 Å². The first-order valence-electron chi connectivity index (χ1n) is 7.28. The Bertz CT molecular complexity index is 503. The molecule has 1 aromatic rings. The first-order chi connectivity index (χ1) is 9.55. The topological polar surface area (TPSA) is 49.4 Å². The smallest absolute Gasteiger partial charge is 0.175 e. The summed E-state index contributed by atoms with van der Waals surface area (Å²) in [5.41, 5.74) is 1.21. The number of hydrogen-bond donors (Lipinski definition) is 1. The van der Waals surface area contributed by atoms with Gasteiger partial charge in [-0.3, -0.25) is 0 Å². The largest absolute Gasteiger partial charge is 0.315 e. The van der Waals surface area contributed by atoms with Crippen LogP contribution in [-0.2, 0) is 16.3 Å². The van der Waals surface area contributed by atoms with E-state index < -0.39 is 9.84 Å². The molecule has 1 aromatic carbocycles. The molecule has 0 atom stereocenters. The van der Waals surface area contributed by atoms with E-state index in [1.165, 1.54) is 24.8 Å². The molecule has 112 valence electrons. The first-order valence-corrected chi connectivity index (χ1v) is 9.17. The van der Waals surface area contributed by atoms with E-state index in [1.54, 1.807) is 12.1 Å². The monoisotopic (exact) mass is 296 g/mol. The number of aryl methyl sites for hydroxylation is 1. The fraction of sp³-hybridized carbons (Fsp3) is 0.600. The van der Waals surface area contributed by atoms with Crippen LogP contribution in [0.15, 0.2) is 29.2 Å². The lowest BCUT2D eigenvalue weighted by molar-refractivity contribution is 0.289. The van der Waals surface area contributed by atoms with Crippen molar-refractivity contribution in [1.29, 1.82) is 0 Å². The molecule has 1 saturated heterocycles. The molecular weight excluding hydrogens is 272 g/mol. The zero-order valence-electron chi connectivity index (χ0n) is 12.1. The third kappa shape index (κ3) is 4.89. The lowest BCUT2D eigenvalue weighted by Crippen LogP contribution is -2.29. The van der Waals surface area contributed by atoms with E-state index in [-0.39, 0.29) is 0 Å². The Morgan fingerprint density at radius 3 is 2.60 bits per heavy atom. The Balaban J connectivity index is 1.79. The molecule has 0 bridgehead atoms. The normalized spacial score (nSPS) is 17.9. The van der Waals surface area contributed by atoms with Crippen LogP contribution in [0, 0.1) is 0 Å². The van der Waals surface area contributed by atoms with E-state index >= 15 is 0 Å². The molecule has 20 heavy (non-hydrogen) atoms.